The van der Waals surface area contributed by atoms with E-state index in [1.54, 1.807) is 16.7 Å². The quantitative estimate of drug-likeness (QED) is 0.176. The summed E-state index contributed by atoms with van der Waals surface area (Å²) in [5.74, 6) is -0.215. The van der Waals surface area contributed by atoms with Crippen molar-refractivity contribution in [1.29, 1.82) is 0 Å². The number of hydrogen-bond acceptors (Lipinski definition) is 8. The second kappa shape index (κ2) is 12.2. The lowest BCUT2D eigenvalue weighted by molar-refractivity contribution is 0.167. The number of hydrogen-bond donors (Lipinski definition) is 3. The molecule has 1 atom stereocenters. The molecule has 3 heterocycles. The summed E-state index contributed by atoms with van der Waals surface area (Å²) in [6.07, 6.45) is 2.21. The van der Waals surface area contributed by atoms with Crippen LogP contribution in [-0.2, 0) is 32.5 Å². The van der Waals surface area contributed by atoms with E-state index < -0.39 is 23.3 Å². The zero-order chi connectivity index (χ0) is 27.2. The molecule has 38 heavy (non-hydrogen) atoms. The molecular formula is C26H34FN7O4. The highest BCUT2D eigenvalue weighted by atomic mass is 19.1. The van der Waals surface area contributed by atoms with Crippen LogP contribution in [0.15, 0.2) is 44.5 Å². The number of fused-ring (bicyclic) bond motifs is 1. The van der Waals surface area contributed by atoms with Crippen molar-refractivity contribution in [2.75, 3.05) is 18.8 Å². The number of aliphatic hydroxyl groups excluding tert-OH is 1. The minimum absolute atomic E-state index is 0.0373. The molecule has 0 amide bonds. The highest BCUT2D eigenvalue weighted by Gasteiger charge is 2.22. The number of nitrogens with one attached hydrogen (secondary N) is 1. The van der Waals surface area contributed by atoms with Gasteiger partial charge in [-0.05, 0) is 37.0 Å². The topological polar surface area (TPSA) is 146 Å². The van der Waals surface area contributed by atoms with E-state index in [0.29, 0.717) is 57.0 Å². The van der Waals surface area contributed by atoms with E-state index in [9.17, 15) is 19.1 Å². The molecule has 0 saturated heterocycles. The van der Waals surface area contributed by atoms with Gasteiger partial charge in [-0.15, -0.1) is 0 Å². The largest absolute Gasteiger partial charge is 0.445 e. The number of benzene rings is 1. The molecule has 0 bridgehead atoms. The normalized spacial score (nSPS) is 12.4. The Hall–Kier alpha value is -3.77. The van der Waals surface area contributed by atoms with Gasteiger partial charge in [-0.3, -0.25) is 13.9 Å². The van der Waals surface area contributed by atoms with Crippen LogP contribution in [0.2, 0.25) is 0 Å². The number of nitrogens with two attached hydrogens (primary N) is 1. The molecule has 0 aliphatic carbocycles. The van der Waals surface area contributed by atoms with Crippen molar-refractivity contribution in [1.82, 2.24) is 29.0 Å². The first-order chi connectivity index (χ1) is 18.3. The average Bonchev–Trinajstić information content (AvgIpc) is 3.48. The van der Waals surface area contributed by atoms with Gasteiger partial charge in [0.15, 0.2) is 11.2 Å². The Morgan fingerprint density at radius 2 is 1.84 bits per heavy atom. The first-order valence-electron chi connectivity index (χ1n) is 12.9. The third-order valence-corrected chi connectivity index (χ3v) is 6.44. The minimum Gasteiger partial charge on any atom is -0.445 e. The molecule has 1 unspecified atom stereocenters. The van der Waals surface area contributed by atoms with Crippen molar-refractivity contribution in [2.24, 2.45) is 0 Å². The summed E-state index contributed by atoms with van der Waals surface area (Å²) in [5, 5.41) is 13.1. The van der Waals surface area contributed by atoms with Crippen LogP contribution < -0.4 is 22.3 Å². The van der Waals surface area contributed by atoms with Crippen molar-refractivity contribution >= 4 is 16.9 Å². The van der Waals surface area contributed by atoms with Crippen LogP contribution in [0.1, 0.15) is 44.0 Å². The third-order valence-electron chi connectivity index (χ3n) is 6.44. The van der Waals surface area contributed by atoms with Crippen LogP contribution in [0.5, 0.6) is 0 Å². The number of aromatic nitrogens is 5. The Kier molecular flexibility index (Phi) is 8.74. The molecule has 0 spiro atoms. The summed E-state index contributed by atoms with van der Waals surface area (Å²) in [6, 6.07) is 7.40. The number of aryl methyl sites for hydroxylation is 2. The fourth-order valence-electron chi connectivity index (χ4n) is 4.37. The number of halogens is 1. The maximum absolute atomic E-state index is 13.6. The number of rotatable bonds is 13. The molecule has 0 aliphatic heterocycles. The minimum atomic E-state index is -0.747. The van der Waals surface area contributed by atoms with Crippen LogP contribution in [-0.4, -0.2) is 48.0 Å². The number of oxazole rings is 1. The summed E-state index contributed by atoms with van der Waals surface area (Å²) >= 11 is 0. The molecule has 0 aliphatic rings. The van der Waals surface area contributed by atoms with E-state index in [-0.39, 0.29) is 30.0 Å². The fraction of sp³-hybridized carbons (Fsp3) is 0.462. The van der Waals surface area contributed by atoms with Gasteiger partial charge in [0, 0.05) is 38.4 Å². The third kappa shape index (κ3) is 6.03. The van der Waals surface area contributed by atoms with Gasteiger partial charge in [-0.2, -0.15) is 9.37 Å². The Labute approximate surface area is 218 Å². The zero-order valence-electron chi connectivity index (χ0n) is 21.7. The zero-order valence-corrected chi connectivity index (χ0v) is 21.7. The van der Waals surface area contributed by atoms with Crippen LogP contribution in [0, 0.1) is 5.95 Å². The molecule has 0 saturated carbocycles. The van der Waals surface area contributed by atoms with Gasteiger partial charge in [-0.25, -0.2) is 9.78 Å². The molecule has 4 N–H and O–H groups in total. The lowest BCUT2D eigenvalue weighted by atomic mass is 10.1. The monoisotopic (exact) mass is 527 g/mol. The molecule has 1 aromatic carbocycles. The summed E-state index contributed by atoms with van der Waals surface area (Å²) in [6.45, 7) is 5.53. The number of imidazole rings is 1. The molecule has 0 radical (unpaired) electrons. The molecule has 4 aromatic rings. The Balaban J connectivity index is 1.79. The van der Waals surface area contributed by atoms with Gasteiger partial charge in [0.2, 0.25) is 5.89 Å². The summed E-state index contributed by atoms with van der Waals surface area (Å²) < 4.78 is 23.2. The maximum atomic E-state index is 13.6. The lowest BCUT2D eigenvalue weighted by Crippen LogP contribution is -2.41. The van der Waals surface area contributed by atoms with Crippen LogP contribution in [0.4, 0.5) is 10.1 Å². The molecule has 12 heteroatoms. The maximum Gasteiger partial charge on any atom is 0.332 e. The molecule has 3 aromatic heterocycles. The smallest absolute Gasteiger partial charge is 0.332 e. The highest BCUT2D eigenvalue weighted by Crippen LogP contribution is 2.17. The second-order valence-corrected chi connectivity index (χ2v) is 9.24. The summed E-state index contributed by atoms with van der Waals surface area (Å²) in [7, 11) is 0. The van der Waals surface area contributed by atoms with E-state index >= 15 is 0 Å². The Morgan fingerprint density at radius 1 is 1.08 bits per heavy atom. The first kappa shape index (κ1) is 27.3. The van der Waals surface area contributed by atoms with Gasteiger partial charge < -0.3 is 25.1 Å². The van der Waals surface area contributed by atoms with Gasteiger partial charge in [0.05, 0.1) is 12.5 Å². The van der Waals surface area contributed by atoms with Crippen molar-refractivity contribution in [3.8, 4) is 0 Å². The van der Waals surface area contributed by atoms with Crippen LogP contribution in [0.3, 0.4) is 0 Å². The molecule has 0 fully saturated rings. The highest BCUT2D eigenvalue weighted by molar-refractivity contribution is 5.71. The lowest BCUT2D eigenvalue weighted by Gasteiger charge is -2.14. The van der Waals surface area contributed by atoms with E-state index in [1.165, 1.54) is 9.13 Å². The fourth-order valence-corrected chi connectivity index (χ4v) is 4.37. The van der Waals surface area contributed by atoms with Gasteiger partial charge in [-0.1, -0.05) is 26.0 Å². The molecule has 204 valence electrons. The SMILES string of the molecule is CCCn1c(=O)c2c(nc(Cc3nc(F)co3)n2CCNCC(O)CC)n(CCc2ccc(N)cc2)c1=O. The molecule has 4 rings (SSSR count). The second-order valence-electron chi connectivity index (χ2n) is 9.24. The van der Waals surface area contributed by atoms with Crippen molar-refractivity contribution in [3.05, 3.63) is 74.6 Å². The predicted molar refractivity (Wildman–Crippen MR) is 142 cm³/mol. The summed E-state index contributed by atoms with van der Waals surface area (Å²) in [5.41, 5.74) is 7.13. The molecule has 11 nitrogen and oxygen atoms in total. The standard InChI is InChI=1S/C26H34FN7O4/c1-3-11-34-25(36)23-24(33(26(34)37)12-9-17-5-7-18(28)8-6-17)31-21(14-22-30-20(27)16-38-22)32(23)13-10-29-15-19(35)4-2/h5-8,16,19,29,35H,3-4,9-15,28H2,1-2H3. The number of aliphatic hydroxyl groups is 1. The van der Waals surface area contributed by atoms with E-state index in [4.69, 9.17) is 10.2 Å². The van der Waals surface area contributed by atoms with Gasteiger partial charge in [0.25, 0.3) is 11.5 Å². The predicted octanol–water partition coefficient (Wildman–Crippen LogP) is 1.67. The Bertz CT molecular complexity index is 1490. The summed E-state index contributed by atoms with van der Waals surface area (Å²) in [4.78, 5) is 35.5. The van der Waals surface area contributed by atoms with E-state index in [1.807, 2.05) is 26.0 Å². The average molecular weight is 528 g/mol. The van der Waals surface area contributed by atoms with Crippen LogP contribution >= 0.6 is 0 Å². The Morgan fingerprint density at radius 3 is 2.50 bits per heavy atom. The number of anilines is 1. The van der Waals surface area contributed by atoms with Crippen molar-refractivity contribution < 1.29 is 13.9 Å². The van der Waals surface area contributed by atoms with Crippen molar-refractivity contribution in [3.63, 3.8) is 0 Å². The van der Waals surface area contributed by atoms with Gasteiger partial charge in [0.1, 0.15) is 12.1 Å². The van der Waals surface area contributed by atoms with E-state index in [2.05, 4.69) is 15.3 Å². The van der Waals surface area contributed by atoms with E-state index in [0.717, 1.165) is 11.8 Å². The number of nitrogens with zero attached hydrogens (tertiary/aromatic N) is 5. The van der Waals surface area contributed by atoms with Gasteiger partial charge >= 0.3 is 5.69 Å². The number of nitrogen functional groups attached to an aromatic ring is 1. The molecular weight excluding hydrogens is 493 g/mol. The first-order valence-corrected chi connectivity index (χ1v) is 12.9. The van der Waals surface area contributed by atoms with Crippen molar-refractivity contribution in [2.45, 2.75) is 65.3 Å². The van der Waals surface area contributed by atoms with Crippen LogP contribution in [0.25, 0.3) is 11.2 Å².